The van der Waals surface area contributed by atoms with Gasteiger partial charge in [0.25, 0.3) is 0 Å². The molecule has 0 bridgehead atoms. The molecule has 0 atom stereocenters. The van der Waals surface area contributed by atoms with Gasteiger partial charge in [0.1, 0.15) is 0 Å². The monoisotopic (exact) mass is 442 g/mol. The second-order valence-corrected chi connectivity index (χ2v) is 10.2. The van der Waals surface area contributed by atoms with Gasteiger partial charge in [0.2, 0.25) is 0 Å². The van der Waals surface area contributed by atoms with Crippen LogP contribution in [0.25, 0.3) is 64.0 Å². The van der Waals surface area contributed by atoms with E-state index >= 15 is 0 Å². The Bertz CT molecular complexity index is 1750. The van der Waals surface area contributed by atoms with Crippen molar-refractivity contribution in [3.8, 4) is 20.9 Å². The van der Waals surface area contributed by atoms with Crippen molar-refractivity contribution in [3.63, 3.8) is 0 Å². The molecule has 32 heavy (non-hydrogen) atoms. The van der Waals surface area contributed by atoms with E-state index in [-0.39, 0.29) is 0 Å². The van der Waals surface area contributed by atoms with E-state index in [1.165, 1.54) is 64.0 Å². The number of benzene rings is 5. The van der Waals surface area contributed by atoms with E-state index in [9.17, 15) is 0 Å². The van der Waals surface area contributed by atoms with Gasteiger partial charge in [-0.1, -0.05) is 48.5 Å². The highest BCUT2D eigenvalue weighted by Crippen LogP contribution is 2.43. The predicted molar refractivity (Wildman–Crippen MR) is 143 cm³/mol. The quantitative estimate of drug-likeness (QED) is 0.234. The predicted octanol–water partition coefficient (Wildman–Crippen LogP) is 9.76. The molecule has 0 spiro atoms. The molecule has 2 heteroatoms. The maximum Gasteiger partial charge on any atom is 0.0355 e. The summed E-state index contributed by atoms with van der Waals surface area (Å²) < 4.78 is 0. The van der Waals surface area contributed by atoms with Crippen molar-refractivity contribution in [3.05, 3.63) is 108 Å². The van der Waals surface area contributed by atoms with Crippen LogP contribution < -0.4 is 0 Å². The number of thiophene rings is 2. The highest BCUT2D eigenvalue weighted by atomic mass is 32.1. The molecule has 0 N–H and O–H groups in total. The molecule has 5 aromatic carbocycles. The summed E-state index contributed by atoms with van der Waals surface area (Å²) in [7, 11) is 0. The normalized spacial score (nSPS) is 11.8. The molecule has 0 aliphatic heterocycles. The van der Waals surface area contributed by atoms with Crippen molar-refractivity contribution < 1.29 is 0 Å². The summed E-state index contributed by atoms with van der Waals surface area (Å²) >= 11 is 3.62. The lowest BCUT2D eigenvalue weighted by atomic mass is 9.93. The lowest BCUT2D eigenvalue weighted by molar-refractivity contribution is 1.75. The summed E-state index contributed by atoms with van der Waals surface area (Å²) in [6.07, 6.45) is 0. The number of hydrogen-bond donors (Lipinski definition) is 0. The van der Waals surface area contributed by atoms with Gasteiger partial charge in [-0.2, -0.15) is 0 Å². The molecule has 0 unspecified atom stereocenters. The minimum atomic E-state index is 1.29. The standard InChI is InChI=1S/C30H18S2/c1-2-6-20-14-23-17-25-18-27-21(15-24(25)16-22(23)13-19(20)5-1)9-10-26(28-7-3-11-31-28)30(27)29-8-4-12-32-29/h1-18H. The van der Waals surface area contributed by atoms with Gasteiger partial charge in [-0.15, -0.1) is 22.7 Å². The van der Waals surface area contributed by atoms with Gasteiger partial charge in [0.15, 0.2) is 0 Å². The molecule has 7 aromatic rings. The Balaban J connectivity index is 1.57. The van der Waals surface area contributed by atoms with Crippen molar-refractivity contribution in [2.24, 2.45) is 0 Å². The van der Waals surface area contributed by atoms with Crippen molar-refractivity contribution in [1.29, 1.82) is 0 Å². The minimum absolute atomic E-state index is 1.29. The Morgan fingerprint density at radius 2 is 0.969 bits per heavy atom. The van der Waals surface area contributed by atoms with Crippen LogP contribution in [0, 0.1) is 0 Å². The molecule has 0 aliphatic carbocycles. The Kier molecular flexibility index (Phi) is 3.98. The van der Waals surface area contributed by atoms with Gasteiger partial charge in [-0.3, -0.25) is 0 Å². The van der Waals surface area contributed by atoms with Gasteiger partial charge in [-0.25, -0.2) is 0 Å². The topological polar surface area (TPSA) is 0 Å². The molecule has 0 saturated carbocycles. The summed E-state index contributed by atoms with van der Waals surface area (Å²) in [5, 5.41) is 14.7. The van der Waals surface area contributed by atoms with Crippen LogP contribution in [-0.4, -0.2) is 0 Å². The summed E-state index contributed by atoms with van der Waals surface area (Å²) in [5.74, 6) is 0. The summed E-state index contributed by atoms with van der Waals surface area (Å²) in [5.41, 5.74) is 2.67. The van der Waals surface area contributed by atoms with Crippen molar-refractivity contribution in [2.75, 3.05) is 0 Å². The third-order valence-electron chi connectivity index (χ3n) is 6.35. The van der Waals surface area contributed by atoms with Crippen LogP contribution in [0.2, 0.25) is 0 Å². The van der Waals surface area contributed by atoms with E-state index in [0.717, 1.165) is 0 Å². The largest absolute Gasteiger partial charge is 0.144 e. The first-order valence-corrected chi connectivity index (χ1v) is 12.5. The highest BCUT2D eigenvalue weighted by molar-refractivity contribution is 7.14. The summed E-state index contributed by atoms with van der Waals surface area (Å²) in [6.45, 7) is 0. The van der Waals surface area contributed by atoms with Crippen LogP contribution in [0.15, 0.2) is 108 Å². The SMILES string of the molecule is c1csc(-c2ccc3cc4cc5cc6ccccc6cc5cc4cc3c2-c2cccs2)c1. The van der Waals surface area contributed by atoms with Gasteiger partial charge in [0, 0.05) is 20.9 Å². The first kappa shape index (κ1) is 18.1. The van der Waals surface area contributed by atoms with E-state index < -0.39 is 0 Å². The molecule has 7 rings (SSSR count). The fourth-order valence-corrected chi connectivity index (χ4v) is 6.40. The smallest absolute Gasteiger partial charge is 0.0355 e. The number of hydrogen-bond acceptors (Lipinski definition) is 2. The molecular weight excluding hydrogens is 424 g/mol. The van der Waals surface area contributed by atoms with Crippen molar-refractivity contribution >= 4 is 65.8 Å². The average molecular weight is 443 g/mol. The van der Waals surface area contributed by atoms with Crippen LogP contribution in [0.5, 0.6) is 0 Å². The Labute approximate surface area is 194 Å². The van der Waals surface area contributed by atoms with Gasteiger partial charge in [-0.05, 0) is 102 Å². The van der Waals surface area contributed by atoms with Crippen molar-refractivity contribution in [1.82, 2.24) is 0 Å². The van der Waals surface area contributed by atoms with E-state index in [2.05, 4.69) is 108 Å². The molecule has 0 saturated heterocycles. The maximum absolute atomic E-state index is 2.39. The summed E-state index contributed by atoms with van der Waals surface area (Å²) in [4.78, 5) is 2.64. The Morgan fingerprint density at radius 1 is 0.406 bits per heavy atom. The molecule has 0 nitrogen and oxygen atoms in total. The molecule has 0 amide bonds. The van der Waals surface area contributed by atoms with Crippen LogP contribution in [0.3, 0.4) is 0 Å². The van der Waals surface area contributed by atoms with Gasteiger partial charge < -0.3 is 0 Å². The molecule has 2 aromatic heterocycles. The number of fused-ring (bicyclic) bond motifs is 4. The first-order valence-electron chi connectivity index (χ1n) is 10.7. The molecule has 0 radical (unpaired) electrons. The lowest BCUT2D eigenvalue weighted by Crippen LogP contribution is -1.86. The van der Waals surface area contributed by atoms with Crippen LogP contribution in [-0.2, 0) is 0 Å². The first-order chi connectivity index (χ1) is 15.8. The van der Waals surface area contributed by atoms with E-state index in [1.807, 2.05) is 22.7 Å². The van der Waals surface area contributed by atoms with E-state index in [1.54, 1.807) is 0 Å². The average Bonchev–Trinajstić information content (AvgIpc) is 3.54. The zero-order valence-electron chi connectivity index (χ0n) is 17.2. The molecular formula is C30H18S2. The molecule has 2 heterocycles. The van der Waals surface area contributed by atoms with Gasteiger partial charge >= 0.3 is 0 Å². The van der Waals surface area contributed by atoms with Crippen molar-refractivity contribution in [2.45, 2.75) is 0 Å². The maximum atomic E-state index is 2.39. The number of rotatable bonds is 2. The molecule has 150 valence electrons. The lowest BCUT2D eigenvalue weighted by Gasteiger charge is -2.13. The zero-order chi connectivity index (χ0) is 21.1. The Hall–Kier alpha value is -3.46. The van der Waals surface area contributed by atoms with E-state index in [0.29, 0.717) is 0 Å². The molecule has 0 fully saturated rings. The highest BCUT2D eigenvalue weighted by Gasteiger charge is 2.14. The van der Waals surface area contributed by atoms with Gasteiger partial charge in [0.05, 0.1) is 0 Å². The van der Waals surface area contributed by atoms with E-state index in [4.69, 9.17) is 0 Å². The fraction of sp³-hybridized carbons (Fsp3) is 0. The van der Waals surface area contributed by atoms with Crippen LogP contribution in [0.4, 0.5) is 0 Å². The molecule has 0 aliphatic rings. The zero-order valence-corrected chi connectivity index (χ0v) is 18.8. The second-order valence-electron chi connectivity index (χ2n) is 8.26. The van der Waals surface area contributed by atoms with Crippen LogP contribution in [0.1, 0.15) is 0 Å². The third kappa shape index (κ3) is 2.81. The minimum Gasteiger partial charge on any atom is -0.144 e. The fourth-order valence-electron chi connectivity index (χ4n) is 4.84. The van der Waals surface area contributed by atoms with Crippen LogP contribution >= 0.6 is 22.7 Å². The second kappa shape index (κ2) is 7.03. The Morgan fingerprint density at radius 3 is 1.59 bits per heavy atom. The summed E-state index contributed by atoms with van der Waals surface area (Å²) in [6, 6.07) is 36.0. The third-order valence-corrected chi connectivity index (χ3v) is 8.14.